The number of ketones is 1. The van der Waals surface area contributed by atoms with Gasteiger partial charge in [0.05, 0.1) is 5.60 Å². The molecule has 0 N–H and O–H groups in total. The summed E-state index contributed by atoms with van der Waals surface area (Å²) in [5.41, 5.74) is 1.33. The van der Waals surface area contributed by atoms with E-state index < -0.39 is 5.60 Å². The van der Waals surface area contributed by atoms with Gasteiger partial charge in [-0.1, -0.05) is 24.3 Å². The molecule has 0 amide bonds. The molecule has 88 valence electrons. The first-order valence-electron chi connectivity index (χ1n) is 5.22. The molecule has 1 rings (SSSR count). The zero-order valence-electron chi connectivity index (χ0n) is 10.2. The van der Waals surface area contributed by atoms with E-state index in [0.717, 1.165) is 5.56 Å². The Morgan fingerprint density at radius 2 is 1.81 bits per heavy atom. The van der Waals surface area contributed by atoms with E-state index in [-0.39, 0.29) is 12.6 Å². The highest BCUT2D eigenvalue weighted by atomic mass is 16.7. The molecule has 0 aliphatic heterocycles. The fraction of sp³-hybridized carbons (Fsp3) is 0.462. The quantitative estimate of drug-likeness (QED) is 0.567. The van der Waals surface area contributed by atoms with Gasteiger partial charge in [0, 0.05) is 12.7 Å². The van der Waals surface area contributed by atoms with E-state index in [2.05, 4.69) is 0 Å². The number of carbonyl (C=O) groups excluding carboxylic acids is 1. The molecule has 3 nitrogen and oxygen atoms in total. The van der Waals surface area contributed by atoms with Crippen molar-refractivity contribution in [3.63, 3.8) is 0 Å². The van der Waals surface area contributed by atoms with Gasteiger partial charge in [0.2, 0.25) is 0 Å². The lowest BCUT2D eigenvalue weighted by Gasteiger charge is -2.25. The summed E-state index contributed by atoms with van der Waals surface area (Å²) in [7, 11) is 1.59. The summed E-state index contributed by atoms with van der Waals surface area (Å²) in [6, 6.07) is 7.45. The summed E-state index contributed by atoms with van der Waals surface area (Å²) < 4.78 is 10.4. The van der Waals surface area contributed by atoms with Gasteiger partial charge >= 0.3 is 0 Å². The summed E-state index contributed by atoms with van der Waals surface area (Å²) in [4.78, 5) is 11.1. The highest BCUT2D eigenvalue weighted by Gasteiger charge is 2.21. The summed E-state index contributed by atoms with van der Waals surface area (Å²) in [6.45, 7) is 5.74. The number of hydrogen-bond donors (Lipinski definition) is 0. The highest BCUT2D eigenvalue weighted by Crippen LogP contribution is 2.24. The minimum absolute atomic E-state index is 0.0715. The minimum Gasteiger partial charge on any atom is -0.359 e. The third kappa shape index (κ3) is 3.15. The second kappa shape index (κ2) is 5.23. The number of methoxy groups -OCH3 is 1. The molecule has 0 aliphatic rings. The van der Waals surface area contributed by atoms with Gasteiger partial charge in [-0.15, -0.1) is 0 Å². The number of rotatable bonds is 5. The monoisotopic (exact) mass is 222 g/mol. The average Bonchev–Trinajstić information content (AvgIpc) is 2.26. The third-order valence-corrected chi connectivity index (χ3v) is 2.52. The van der Waals surface area contributed by atoms with Crippen LogP contribution in [0.15, 0.2) is 24.3 Å². The SMILES string of the molecule is COCOC(C)(C)c1ccc(C(C)=O)cc1. The summed E-state index contributed by atoms with van der Waals surface area (Å²) >= 11 is 0. The zero-order chi connectivity index (χ0) is 12.2. The molecule has 3 heteroatoms. The van der Waals surface area contributed by atoms with Crippen LogP contribution in [0.2, 0.25) is 0 Å². The summed E-state index contributed by atoms with van der Waals surface area (Å²) in [5.74, 6) is 0.0715. The zero-order valence-corrected chi connectivity index (χ0v) is 10.2. The van der Waals surface area contributed by atoms with Gasteiger partial charge in [-0.05, 0) is 26.3 Å². The van der Waals surface area contributed by atoms with Crippen molar-refractivity contribution in [1.82, 2.24) is 0 Å². The topological polar surface area (TPSA) is 35.5 Å². The first-order valence-corrected chi connectivity index (χ1v) is 5.22. The lowest BCUT2D eigenvalue weighted by Crippen LogP contribution is -2.22. The highest BCUT2D eigenvalue weighted by molar-refractivity contribution is 5.94. The lowest BCUT2D eigenvalue weighted by atomic mass is 9.96. The van der Waals surface area contributed by atoms with E-state index in [4.69, 9.17) is 9.47 Å². The molecule has 0 fully saturated rings. The van der Waals surface area contributed by atoms with Crippen LogP contribution in [0.25, 0.3) is 0 Å². The normalized spacial score (nSPS) is 11.5. The van der Waals surface area contributed by atoms with Crippen LogP contribution < -0.4 is 0 Å². The molecule has 0 bridgehead atoms. The van der Waals surface area contributed by atoms with Crippen molar-refractivity contribution >= 4 is 5.78 Å². The maximum absolute atomic E-state index is 11.1. The van der Waals surface area contributed by atoms with Crippen molar-refractivity contribution in [2.45, 2.75) is 26.4 Å². The minimum atomic E-state index is -0.411. The second-order valence-corrected chi connectivity index (χ2v) is 4.19. The standard InChI is InChI=1S/C13H18O3/c1-10(14)11-5-7-12(8-6-11)13(2,3)16-9-15-4/h5-8H,9H2,1-4H3. The average molecular weight is 222 g/mol. The molecule has 0 unspecified atom stereocenters. The number of benzene rings is 1. The Kier molecular flexibility index (Phi) is 4.21. The number of ether oxygens (including phenoxy) is 2. The predicted molar refractivity (Wildman–Crippen MR) is 62.4 cm³/mol. The molecule has 0 atom stereocenters. The van der Waals surface area contributed by atoms with E-state index in [1.165, 1.54) is 0 Å². The third-order valence-electron chi connectivity index (χ3n) is 2.52. The molecule has 1 aromatic rings. The maximum atomic E-state index is 11.1. The molecule has 0 aromatic heterocycles. The van der Waals surface area contributed by atoms with Gasteiger partial charge in [0.15, 0.2) is 5.78 Å². The van der Waals surface area contributed by atoms with Crippen LogP contribution in [0.1, 0.15) is 36.7 Å². The molecule has 0 aliphatic carbocycles. The Labute approximate surface area is 96.4 Å². The van der Waals surface area contributed by atoms with E-state index >= 15 is 0 Å². The van der Waals surface area contributed by atoms with Gasteiger partial charge in [0.1, 0.15) is 6.79 Å². The van der Waals surface area contributed by atoms with Crippen LogP contribution in [-0.4, -0.2) is 19.7 Å². The molecule has 16 heavy (non-hydrogen) atoms. The Morgan fingerprint density at radius 3 is 2.25 bits per heavy atom. The number of carbonyl (C=O) groups is 1. The smallest absolute Gasteiger partial charge is 0.159 e. The fourth-order valence-electron chi connectivity index (χ4n) is 1.40. The van der Waals surface area contributed by atoms with Crippen molar-refractivity contribution in [3.8, 4) is 0 Å². The summed E-state index contributed by atoms with van der Waals surface area (Å²) in [6.07, 6.45) is 0. The predicted octanol–water partition coefficient (Wildman–Crippen LogP) is 2.74. The van der Waals surface area contributed by atoms with Crippen molar-refractivity contribution in [2.75, 3.05) is 13.9 Å². The molecule has 0 saturated carbocycles. The van der Waals surface area contributed by atoms with Gasteiger partial charge in [0.25, 0.3) is 0 Å². The second-order valence-electron chi connectivity index (χ2n) is 4.19. The summed E-state index contributed by atoms with van der Waals surface area (Å²) in [5, 5.41) is 0. The van der Waals surface area contributed by atoms with Crippen LogP contribution in [0, 0.1) is 0 Å². The first-order chi connectivity index (χ1) is 7.47. The van der Waals surface area contributed by atoms with Gasteiger partial charge in [-0.25, -0.2) is 0 Å². The fourth-order valence-corrected chi connectivity index (χ4v) is 1.40. The van der Waals surface area contributed by atoms with E-state index in [0.29, 0.717) is 5.56 Å². The number of Topliss-reactive ketones (excluding diaryl/α,β-unsaturated/α-hetero) is 1. The van der Waals surface area contributed by atoms with E-state index in [9.17, 15) is 4.79 Å². The first kappa shape index (κ1) is 12.9. The van der Waals surface area contributed by atoms with Gasteiger partial charge in [-0.2, -0.15) is 0 Å². The van der Waals surface area contributed by atoms with E-state index in [1.807, 2.05) is 38.1 Å². The Morgan fingerprint density at radius 1 is 1.25 bits per heavy atom. The van der Waals surface area contributed by atoms with Crippen LogP contribution in [0.5, 0.6) is 0 Å². The molecule has 1 aromatic carbocycles. The lowest BCUT2D eigenvalue weighted by molar-refractivity contribution is -0.118. The number of hydrogen-bond acceptors (Lipinski definition) is 3. The molecular weight excluding hydrogens is 204 g/mol. The Bertz CT molecular complexity index is 352. The van der Waals surface area contributed by atoms with E-state index in [1.54, 1.807) is 14.0 Å². The molecule has 0 saturated heterocycles. The van der Waals surface area contributed by atoms with Crippen LogP contribution >= 0.6 is 0 Å². The van der Waals surface area contributed by atoms with Crippen LogP contribution in [0.3, 0.4) is 0 Å². The van der Waals surface area contributed by atoms with Crippen molar-refractivity contribution in [2.24, 2.45) is 0 Å². The molecule has 0 spiro atoms. The van der Waals surface area contributed by atoms with Crippen LogP contribution in [0.4, 0.5) is 0 Å². The van der Waals surface area contributed by atoms with Crippen molar-refractivity contribution in [3.05, 3.63) is 35.4 Å². The van der Waals surface area contributed by atoms with Crippen molar-refractivity contribution in [1.29, 1.82) is 0 Å². The Hall–Kier alpha value is -1.19. The van der Waals surface area contributed by atoms with Crippen molar-refractivity contribution < 1.29 is 14.3 Å². The Balaban J connectivity index is 2.83. The molecule has 0 radical (unpaired) electrons. The van der Waals surface area contributed by atoms with Gasteiger partial charge in [-0.3, -0.25) is 4.79 Å². The van der Waals surface area contributed by atoms with Gasteiger partial charge < -0.3 is 9.47 Å². The maximum Gasteiger partial charge on any atom is 0.159 e. The van der Waals surface area contributed by atoms with Crippen LogP contribution in [-0.2, 0) is 15.1 Å². The molecule has 0 heterocycles. The molecular formula is C13H18O3. The largest absolute Gasteiger partial charge is 0.359 e.